The van der Waals surface area contributed by atoms with Crippen LogP contribution in [0.2, 0.25) is 5.02 Å². The van der Waals surface area contributed by atoms with Gasteiger partial charge in [-0.25, -0.2) is 4.39 Å². The van der Waals surface area contributed by atoms with E-state index in [1.807, 2.05) is 0 Å². The Balaban J connectivity index is 2.55. The van der Waals surface area contributed by atoms with Crippen LogP contribution in [-0.2, 0) is 6.54 Å². The molecule has 1 rings (SSSR count). The number of hydrogen-bond acceptors (Lipinski definition) is 1. The standard InChI is InChI=1S/C12H17ClFN/c1-8(2)9(3)15-7-10-4-5-12(14)11(13)6-10/h4-6,8-9,15H,7H2,1-3H3. The van der Waals surface area contributed by atoms with Gasteiger partial charge in [-0.3, -0.25) is 0 Å². The molecule has 0 heterocycles. The largest absolute Gasteiger partial charge is 0.310 e. The summed E-state index contributed by atoms with van der Waals surface area (Å²) in [6, 6.07) is 5.26. The van der Waals surface area contributed by atoms with Crippen LogP contribution >= 0.6 is 11.6 Å². The molecule has 0 fully saturated rings. The molecule has 0 radical (unpaired) electrons. The fourth-order valence-corrected chi connectivity index (χ4v) is 1.37. The Hall–Kier alpha value is -0.600. The molecule has 0 saturated heterocycles. The summed E-state index contributed by atoms with van der Waals surface area (Å²) in [6.45, 7) is 7.18. The molecule has 1 atom stereocenters. The number of nitrogens with one attached hydrogen (secondary N) is 1. The molecule has 1 nitrogen and oxygen atoms in total. The molecule has 3 heteroatoms. The highest BCUT2D eigenvalue weighted by Gasteiger charge is 2.06. The molecule has 1 N–H and O–H groups in total. The SMILES string of the molecule is CC(C)C(C)NCc1ccc(F)c(Cl)c1. The molecular weight excluding hydrogens is 213 g/mol. The Morgan fingerprint density at radius 2 is 2.00 bits per heavy atom. The zero-order chi connectivity index (χ0) is 11.4. The average molecular weight is 230 g/mol. The van der Waals surface area contributed by atoms with E-state index in [4.69, 9.17) is 11.6 Å². The molecule has 1 unspecified atom stereocenters. The number of halogens is 2. The van der Waals surface area contributed by atoms with Gasteiger partial charge < -0.3 is 5.32 Å². The van der Waals surface area contributed by atoms with E-state index in [-0.39, 0.29) is 10.8 Å². The first-order chi connectivity index (χ1) is 7.00. The van der Waals surface area contributed by atoms with Crippen LogP contribution in [-0.4, -0.2) is 6.04 Å². The van der Waals surface area contributed by atoms with Crippen LogP contribution in [0.1, 0.15) is 26.3 Å². The van der Waals surface area contributed by atoms with Crippen LogP contribution in [0, 0.1) is 11.7 Å². The van der Waals surface area contributed by atoms with Crippen LogP contribution < -0.4 is 5.32 Å². The number of hydrogen-bond donors (Lipinski definition) is 1. The van der Waals surface area contributed by atoms with E-state index in [1.54, 1.807) is 12.1 Å². The predicted molar refractivity (Wildman–Crippen MR) is 62.5 cm³/mol. The quantitative estimate of drug-likeness (QED) is 0.832. The van der Waals surface area contributed by atoms with Crippen LogP contribution in [0.15, 0.2) is 18.2 Å². The second-order valence-corrected chi connectivity index (χ2v) is 4.57. The van der Waals surface area contributed by atoms with E-state index >= 15 is 0 Å². The molecule has 0 aliphatic carbocycles. The summed E-state index contributed by atoms with van der Waals surface area (Å²) in [6.07, 6.45) is 0. The highest BCUT2D eigenvalue weighted by Crippen LogP contribution is 2.16. The summed E-state index contributed by atoms with van der Waals surface area (Å²) >= 11 is 5.69. The molecule has 0 bridgehead atoms. The van der Waals surface area contributed by atoms with Gasteiger partial charge in [0.25, 0.3) is 0 Å². The summed E-state index contributed by atoms with van der Waals surface area (Å²) in [5.41, 5.74) is 1.01. The third-order valence-electron chi connectivity index (χ3n) is 2.61. The maximum absolute atomic E-state index is 12.9. The van der Waals surface area contributed by atoms with Crippen LogP contribution in [0.3, 0.4) is 0 Å². The third-order valence-corrected chi connectivity index (χ3v) is 2.90. The van der Waals surface area contributed by atoms with Crippen molar-refractivity contribution in [2.75, 3.05) is 0 Å². The van der Waals surface area contributed by atoms with Gasteiger partial charge in [0.15, 0.2) is 0 Å². The van der Waals surface area contributed by atoms with Crippen molar-refractivity contribution in [2.45, 2.75) is 33.4 Å². The van der Waals surface area contributed by atoms with Crippen molar-refractivity contribution in [1.82, 2.24) is 5.32 Å². The fourth-order valence-electron chi connectivity index (χ4n) is 1.16. The predicted octanol–water partition coefficient (Wildman–Crippen LogP) is 3.61. The second kappa shape index (κ2) is 5.47. The molecule has 1 aromatic rings. The van der Waals surface area contributed by atoms with Crippen LogP contribution in [0.25, 0.3) is 0 Å². The maximum atomic E-state index is 12.9. The Morgan fingerprint density at radius 1 is 1.33 bits per heavy atom. The third kappa shape index (κ3) is 3.80. The van der Waals surface area contributed by atoms with Gasteiger partial charge in [0.2, 0.25) is 0 Å². The first-order valence-corrected chi connectivity index (χ1v) is 5.56. The lowest BCUT2D eigenvalue weighted by Crippen LogP contribution is -2.30. The van der Waals surface area contributed by atoms with Gasteiger partial charge in [-0.05, 0) is 30.5 Å². The molecule has 1 aromatic carbocycles. The fraction of sp³-hybridized carbons (Fsp3) is 0.500. The van der Waals surface area contributed by atoms with Gasteiger partial charge in [-0.1, -0.05) is 31.5 Å². The summed E-state index contributed by atoms with van der Waals surface area (Å²) in [5.74, 6) is 0.221. The Kier molecular flexibility index (Phi) is 4.55. The number of rotatable bonds is 4. The summed E-state index contributed by atoms with van der Waals surface area (Å²) < 4.78 is 12.9. The van der Waals surface area contributed by atoms with E-state index in [9.17, 15) is 4.39 Å². The van der Waals surface area contributed by atoms with Crippen molar-refractivity contribution in [3.8, 4) is 0 Å². The highest BCUT2D eigenvalue weighted by atomic mass is 35.5. The van der Waals surface area contributed by atoms with E-state index in [1.165, 1.54) is 6.07 Å². The lowest BCUT2D eigenvalue weighted by atomic mass is 10.1. The zero-order valence-electron chi connectivity index (χ0n) is 9.35. The van der Waals surface area contributed by atoms with E-state index in [0.717, 1.165) is 12.1 Å². The molecule has 15 heavy (non-hydrogen) atoms. The minimum Gasteiger partial charge on any atom is -0.310 e. The van der Waals surface area contributed by atoms with E-state index in [2.05, 4.69) is 26.1 Å². The molecule has 0 amide bonds. The summed E-state index contributed by atoms with van der Waals surface area (Å²) in [5, 5.41) is 3.55. The van der Waals surface area contributed by atoms with Crippen molar-refractivity contribution >= 4 is 11.6 Å². The molecular formula is C12H17ClFN. The van der Waals surface area contributed by atoms with E-state index < -0.39 is 0 Å². The monoisotopic (exact) mass is 229 g/mol. The maximum Gasteiger partial charge on any atom is 0.141 e. The molecule has 0 aliphatic heterocycles. The molecule has 0 saturated carbocycles. The zero-order valence-corrected chi connectivity index (χ0v) is 10.1. The van der Waals surface area contributed by atoms with Crippen molar-refractivity contribution in [3.63, 3.8) is 0 Å². The molecule has 84 valence electrons. The first kappa shape index (κ1) is 12.5. The van der Waals surface area contributed by atoms with E-state index in [0.29, 0.717) is 12.0 Å². The Labute approximate surface area is 95.6 Å². The van der Waals surface area contributed by atoms with Crippen molar-refractivity contribution in [3.05, 3.63) is 34.6 Å². The molecule has 0 aromatic heterocycles. The second-order valence-electron chi connectivity index (χ2n) is 4.16. The highest BCUT2D eigenvalue weighted by molar-refractivity contribution is 6.30. The summed E-state index contributed by atoms with van der Waals surface area (Å²) in [4.78, 5) is 0. The lowest BCUT2D eigenvalue weighted by molar-refractivity contribution is 0.426. The van der Waals surface area contributed by atoms with Crippen LogP contribution in [0.4, 0.5) is 4.39 Å². The van der Waals surface area contributed by atoms with Crippen molar-refractivity contribution < 1.29 is 4.39 Å². The van der Waals surface area contributed by atoms with Gasteiger partial charge in [0.05, 0.1) is 5.02 Å². The molecule has 0 aliphatic rings. The Morgan fingerprint density at radius 3 is 2.53 bits per heavy atom. The normalized spacial score (nSPS) is 13.2. The smallest absolute Gasteiger partial charge is 0.141 e. The minimum atomic E-state index is -0.364. The van der Waals surface area contributed by atoms with Gasteiger partial charge >= 0.3 is 0 Å². The Bertz CT molecular complexity index is 325. The van der Waals surface area contributed by atoms with Crippen molar-refractivity contribution in [2.24, 2.45) is 5.92 Å². The van der Waals surface area contributed by atoms with Crippen LogP contribution in [0.5, 0.6) is 0 Å². The van der Waals surface area contributed by atoms with Gasteiger partial charge in [0, 0.05) is 12.6 Å². The van der Waals surface area contributed by atoms with Gasteiger partial charge in [-0.2, -0.15) is 0 Å². The molecule has 0 spiro atoms. The van der Waals surface area contributed by atoms with Crippen molar-refractivity contribution in [1.29, 1.82) is 0 Å². The first-order valence-electron chi connectivity index (χ1n) is 5.18. The van der Waals surface area contributed by atoms with Gasteiger partial charge in [0.1, 0.15) is 5.82 Å². The van der Waals surface area contributed by atoms with Gasteiger partial charge in [-0.15, -0.1) is 0 Å². The average Bonchev–Trinajstić information content (AvgIpc) is 2.19. The lowest BCUT2D eigenvalue weighted by Gasteiger charge is -2.17. The topological polar surface area (TPSA) is 12.0 Å². The minimum absolute atomic E-state index is 0.187. The summed E-state index contributed by atoms with van der Waals surface area (Å²) in [7, 11) is 0. The number of benzene rings is 1.